The molecular weight excluding hydrogens is 186 g/mol. The highest BCUT2D eigenvalue weighted by Gasteiger charge is 2.26. The lowest BCUT2D eigenvalue weighted by molar-refractivity contribution is -0.127. The van der Waals surface area contributed by atoms with Gasteiger partial charge in [-0.05, 0) is 25.5 Å². The molecule has 1 aromatic carbocycles. The van der Waals surface area contributed by atoms with Crippen LogP contribution >= 0.6 is 0 Å². The molecule has 1 rings (SSSR count). The van der Waals surface area contributed by atoms with Crippen molar-refractivity contribution in [2.75, 3.05) is 0 Å². The summed E-state index contributed by atoms with van der Waals surface area (Å²) in [4.78, 5) is 11.2. The third-order valence-electron chi connectivity index (χ3n) is 1.97. The Morgan fingerprint density at radius 3 is 2.43 bits per heavy atom. The Bertz CT molecular complexity index is 339. The maximum atomic E-state index is 13.1. The number of hydrogen-bond donors (Lipinski definition) is 0. The van der Waals surface area contributed by atoms with E-state index in [1.165, 1.54) is 32.0 Å². The number of halogens is 2. The van der Waals surface area contributed by atoms with E-state index >= 15 is 0 Å². The van der Waals surface area contributed by atoms with E-state index in [9.17, 15) is 13.6 Å². The van der Waals surface area contributed by atoms with E-state index in [-0.39, 0.29) is 12.0 Å². The van der Waals surface area contributed by atoms with Gasteiger partial charge in [0.25, 0.3) is 0 Å². The van der Waals surface area contributed by atoms with Gasteiger partial charge < -0.3 is 0 Å². The van der Waals surface area contributed by atoms with E-state index in [0.29, 0.717) is 0 Å². The van der Waals surface area contributed by atoms with E-state index in [4.69, 9.17) is 0 Å². The summed E-state index contributed by atoms with van der Waals surface area (Å²) in [7, 11) is 0. The minimum atomic E-state index is -1.90. The first-order valence-corrected chi connectivity index (χ1v) is 4.37. The van der Waals surface area contributed by atoms with Gasteiger partial charge >= 0.3 is 0 Å². The zero-order valence-electron chi connectivity index (χ0n) is 8.18. The smallest absolute Gasteiger partial charge is 0.173 e. The van der Waals surface area contributed by atoms with Crippen molar-refractivity contribution in [2.24, 2.45) is 0 Å². The predicted octanol–water partition coefficient (Wildman–Crippen LogP) is 2.69. The molecule has 0 atom stereocenters. The Hall–Kier alpha value is -1.25. The largest absolute Gasteiger partial charge is 0.296 e. The van der Waals surface area contributed by atoms with Gasteiger partial charge in [-0.15, -0.1) is 0 Å². The zero-order chi connectivity index (χ0) is 10.8. The highest BCUT2D eigenvalue weighted by molar-refractivity contribution is 5.88. The van der Waals surface area contributed by atoms with Gasteiger partial charge in [-0.2, -0.15) is 0 Å². The van der Waals surface area contributed by atoms with Crippen LogP contribution in [-0.4, -0.2) is 11.5 Å². The molecule has 0 aliphatic heterocycles. The second-order valence-corrected chi connectivity index (χ2v) is 3.66. The summed E-state index contributed by atoms with van der Waals surface area (Å²) >= 11 is 0. The maximum absolute atomic E-state index is 13.1. The summed E-state index contributed by atoms with van der Waals surface area (Å²) in [6, 6.07) is 5.90. The molecule has 0 aliphatic carbocycles. The number of carbonyl (C=O) groups is 1. The number of alkyl halides is 1. The van der Waals surface area contributed by atoms with Crippen LogP contribution in [0.25, 0.3) is 0 Å². The Morgan fingerprint density at radius 2 is 1.93 bits per heavy atom. The quantitative estimate of drug-likeness (QED) is 0.729. The highest BCUT2D eigenvalue weighted by Crippen LogP contribution is 2.15. The SMILES string of the molecule is CC(C)(F)C(=O)Cc1ccccc1F. The molecule has 0 aromatic heterocycles. The average molecular weight is 198 g/mol. The predicted molar refractivity (Wildman–Crippen MR) is 50.3 cm³/mol. The molecule has 0 saturated carbocycles. The molecule has 0 aliphatic rings. The zero-order valence-corrected chi connectivity index (χ0v) is 8.18. The second kappa shape index (κ2) is 3.86. The molecule has 0 bridgehead atoms. The van der Waals surface area contributed by atoms with Crippen LogP contribution in [0.3, 0.4) is 0 Å². The fourth-order valence-corrected chi connectivity index (χ4v) is 1.02. The molecule has 0 amide bonds. The first-order chi connectivity index (χ1) is 6.41. The second-order valence-electron chi connectivity index (χ2n) is 3.66. The third-order valence-corrected chi connectivity index (χ3v) is 1.97. The van der Waals surface area contributed by atoms with E-state index in [1.54, 1.807) is 6.07 Å². The summed E-state index contributed by atoms with van der Waals surface area (Å²) in [5.41, 5.74) is -1.66. The minimum Gasteiger partial charge on any atom is -0.296 e. The molecular formula is C11H12F2O. The van der Waals surface area contributed by atoms with Crippen molar-refractivity contribution >= 4 is 5.78 Å². The number of hydrogen-bond acceptors (Lipinski definition) is 1. The van der Waals surface area contributed by atoms with Gasteiger partial charge in [-0.1, -0.05) is 18.2 Å². The number of carbonyl (C=O) groups excluding carboxylic acids is 1. The minimum absolute atomic E-state index is 0.198. The van der Waals surface area contributed by atoms with Crippen molar-refractivity contribution in [3.8, 4) is 0 Å². The van der Waals surface area contributed by atoms with Gasteiger partial charge in [-0.3, -0.25) is 4.79 Å². The number of ketones is 1. The summed E-state index contributed by atoms with van der Waals surface area (Å²) in [6.45, 7) is 2.35. The Balaban J connectivity index is 2.80. The molecule has 0 spiro atoms. The van der Waals surface area contributed by atoms with E-state index in [1.807, 2.05) is 0 Å². The lowest BCUT2D eigenvalue weighted by Crippen LogP contribution is -2.27. The maximum Gasteiger partial charge on any atom is 0.173 e. The first-order valence-electron chi connectivity index (χ1n) is 4.37. The normalized spacial score (nSPS) is 11.4. The van der Waals surface area contributed by atoms with Crippen LogP contribution < -0.4 is 0 Å². The van der Waals surface area contributed by atoms with Crippen molar-refractivity contribution in [3.63, 3.8) is 0 Å². The van der Waals surface area contributed by atoms with Crippen LogP contribution in [0.4, 0.5) is 8.78 Å². The van der Waals surface area contributed by atoms with Gasteiger partial charge in [0.1, 0.15) is 5.82 Å². The van der Waals surface area contributed by atoms with Gasteiger partial charge in [-0.25, -0.2) is 8.78 Å². The van der Waals surface area contributed by atoms with Crippen molar-refractivity contribution in [2.45, 2.75) is 25.9 Å². The molecule has 0 unspecified atom stereocenters. The van der Waals surface area contributed by atoms with Crippen LogP contribution in [-0.2, 0) is 11.2 Å². The molecule has 14 heavy (non-hydrogen) atoms. The number of Topliss-reactive ketones (excluding diaryl/α,β-unsaturated/α-hetero) is 1. The van der Waals surface area contributed by atoms with Crippen molar-refractivity contribution in [1.82, 2.24) is 0 Å². The van der Waals surface area contributed by atoms with Crippen LogP contribution in [0.5, 0.6) is 0 Å². The molecule has 0 heterocycles. The van der Waals surface area contributed by atoms with Gasteiger partial charge in [0.2, 0.25) is 0 Å². The van der Waals surface area contributed by atoms with Crippen LogP contribution in [0, 0.1) is 5.82 Å². The topological polar surface area (TPSA) is 17.1 Å². The Morgan fingerprint density at radius 1 is 1.36 bits per heavy atom. The summed E-state index contributed by atoms with van der Waals surface area (Å²) in [6.07, 6.45) is -0.198. The van der Waals surface area contributed by atoms with Crippen molar-refractivity contribution in [1.29, 1.82) is 0 Å². The third kappa shape index (κ3) is 2.62. The highest BCUT2D eigenvalue weighted by atomic mass is 19.1. The molecule has 0 fully saturated rings. The standard InChI is InChI=1S/C11H12F2O/c1-11(2,13)10(14)7-8-5-3-4-6-9(8)12/h3-6H,7H2,1-2H3. The monoisotopic (exact) mass is 198 g/mol. The lowest BCUT2D eigenvalue weighted by Gasteiger charge is -2.12. The fourth-order valence-electron chi connectivity index (χ4n) is 1.02. The van der Waals surface area contributed by atoms with Crippen molar-refractivity contribution < 1.29 is 13.6 Å². The van der Waals surface area contributed by atoms with E-state index in [0.717, 1.165) is 0 Å². The summed E-state index contributed by atoms with van der Waals surface area (Å²) in [5.74, 6) is -1.08. The van der Waals surface area contributed by atoms with Gasteiger partial charge in [0.05, 0.1) is 0 Å². The van der Waals surface area contributed by atoms with E-state index in [2.05, 4.69) is 0 Å². The molecule has 1 aromatic rings. The Labute approximate surface area is 81.7 Å². The molecule has 76 valence electrons. The number of benzene rings is 1. The van der Waals surface area contributed by atoms with E-state index < -0.39 is 17.3 Å². The van der Waals surface area contributed by atoms with Crippen LogP contribution in [0.2, 0.25) is 0 Å². The molecule has 1 nitrogen and oxygen atoms in total. The fraction of sp³-hybridized carbons (Fsp3) is 0.364. The Kier molecular flexibility index (Phi) is 2.99. The van der Waals surface area contributed by atoms with Crippen LogP contribution in [0.1, 0.15) is 19.4 Å². The molecule has 0 N–H and O–H groups in total. The molecule has 0 saturated heterocycles. The first kappa shape index (κ1) is 10.8. The number of rotatable bonds is 3. The summed E-state index contributed by atoms with van der Waals surface area (Å²) < 4.78 is 26.2. The molecule has 3 heteroatoms. The van der Waals surface area contributed by atoms with Crippen LogP contribution in [0.15, 0.2) is 24.3 Å². The lowest BCUT2D eigenvalue weighted by atomic mass is 9.98. The summed E-state index contributed by atoms with van der Waals surface area (Å²) in [5, 5.41) is 0. The average Bonchev–Trinajstić information content (AvgIpc) is 2.07. The molecule has 0 radical (unpaired) electrons. The van der Waals surface area contributed by atoms with Gasteiger partial charge in [0, 0.05) is 6.42 Å². The van der Waals surface area contributed by atoms with Crippen molar-refractivity contribution in [3.05, 3.63) is 35.6 Å². The van der Waals surface area contributed by atoms with Gasteiger partial charge in [0.15, 0.2) is 11.5 Å².